The zero-order chi connectivity index (χ0) is 19.1. The molecule has 6 heteroatoms. The van der Waals surface area contributed by atoms with E-state index in [0.29, 0.717) is 17.2 Å². The average molecular weight is 380 g/mol. The van der Waals surface area contributed by atoms with Gasteiger partial charge in [-0.05, 0) is 24.3 Å². The van der Waals surface area contributed by atoms with E-state index in [2.05, 4.69) is 10.6 Å². The SMILES string of the molecule is COc1cc(NC(=O)Nc2ccccc2Sc2ccccc2)cc(OC)c1. The molecule has 0 bridgehead atoms. The maximum absolute atomic E-state index is 12.5. The second-order valence-corrected chi connectivity index (χ2v) is 6.71. The fourth-order valence-corrected chi connectivity index (χ4v) is 3.36. The topological polar surface area (TPSA) is 59.6 Å². The number of ether oxygens (including phenoxy) is 2. The van der Waals surface area contributed by atoms with E-state index in [1.165, 1.54) is 0 Å². The lowest BCUT2D eigenvalue weighted by Gasteiger charge is -2.13. The molecule has 0 radical (unpaired) electrons. The molecule has 0 unspecified atom stereocenters. The van der Waals surface area contributed by atoms with Gasteiger partial charge < -0.3 is 20.1 Å². The monoisotopic (exact) mass is 380 g/mol. The number of carbonyl (C=O) groups excluding carboxylic acids is 1. The van der Waals surface area contributed by atoms with Crippen LogP contribution in [0.3, 0.4) is 0 Å². The van der Waals surface area contributed by atoms with Gasteiger partial charge in [-0.15, -0.1) is 0 Å². The highest BCUT2D eigenvalue weighted by Gasteiger charge is 2.10. The van der Waals surface area contributed by atoms with Crippen LogP contribution in [0.2, 0.25) is 0 Å². The van der Waals surface area contributed by atoms with Gasteiger partial charge >= 0.3 is 6.03 Å². The fraction of sp³-hybridized carbons (Fsp3) is 0.0952. The number of methoxy groups -OCH3 is 2. The third kappa shape index (κ3) is 5.18. The van der Waals surface area contributed by atoms with E-state index < -0.39 is 0 Å². The van der Waals surface area contributed by atoms with E-state index in [1.807, 2.05) is 54.6 Å². The quantitative estimate of drug-likeness (QED) is 0.593. The highest BCUT2D eigenvalue weighted by Crippen LogP contribution is 2.33. The van der Waals surface area contributed by atoms with Crippen LogP contribution >= 0.6 is 11.8 Å². The predicted octanol–water partition coefficient (Wildman–Crippen LogP) is 5.50. The van der Waals surface area contributed by atoms with E-state index in [-0.39, 0.29) is 6.03 Å². The maximum Gasteiger partial charge on any atom is 0.323 e. The van der Waals surface area contributed by atoms with Gasteiger partial charge in [-0.2, -0.15) is 0 Å². The number of benzene rings is 3. The van der Waals surface area contributed by atoms with E-state index in [4.69, 9.17) is 9.47 Å². The number of amides is 2. The molecular formula is C21H20N2O3S. The van der Waals surface area contributed by atoms with Crippen molar-refractivity contribution in [2.75, 3.05) is 24.9 Å². The molecular weight excluding hydrogens is 360 g/mol. The highest BCUT2D eigenvalue weighted by molar-refractivity contribution is 7.99. The third-order valence-corrected chi connectivity index (χ3v) is 4.80. The Morgan fingerprint density at radius 3 is 2.11 bits per heavy atom. The van der Waals surface area contributed by atoms with E-state index in [1.54, 1.807) is 44.2 Å². The summed E-state index contributed by atoms with van der Waals surface area (Å²) in [6.07, 6.45) is 0. The Hall–Kier alpha value is -3.12. The second-order valence-electron chi connectivity index (χ2n) is 5.59. The van der Waals surface area contributed by atoms with Gasteiger partial charge in [0.1, 0.15) is 11.5 Å². The van der Waals surface area contributed by atoms with E-state index >= 15 is 0 Å². The number of hydrogen-bond acceptors (Lipinski definition) is 4. The van der Waals surface area contributed by atoms with Gasteiger partial charge in [0.2, 0.25) is 0 Å². The molecule has 138 valence electrons. The summed E-state index contributed by atoms with van der Waals surface area (Å²) in [5, 5.41) is 5.71. The molecule has 5 nitrogen and oxygen atoms in total. The van der Waals surface area contributed by atoms with E-state index in [0.717, 1.165) is 15.5 Å². The molecule has 27 heavy (non-hydrogen) atoms. The molecule has 0 heterocycles. The summed E-state index contributed by atoms with van der Waals surface area (Å²) in [5.74, 6) is 1.20. The van der Waals surface area contributed by atoms with Crippen LogP contribution in [0.1, 0.15) is 0 Å². The van der Waals surface area contributed by atoms with Crippen LogP contribution in [-0.4, -0.2) is 20.3 Å². The maximum atomic E-state index is 12.5. The minimum atomic E-state index is -0.341. The summed E-state index contributed by atoms with van der Waals surface area (Å²) in [6, 6.07) is 22.6. The summed E-state index contributed by atoms with van der Waals surface area (Å²) in [7, 11) is 3.13. The van der Waals surface area contributed by atoms with Crippen molar-refractivity contribution in [1.29, 1.82) is 0 Å². The van der Waals surface area contributed by atoms with Gasteiger partial charge in [0.05, 0.1) is 19.9 Å². The largest absolute Gasteiger partial charge is 0.497 e. The Labute approximate surface area is 162 Å². The Balaban J connectivity index is 1.73. The molecule has 3 aromatic rings. The lowest BCUT2D eigenvalue weighted by atomic mass is 10.2. The number of para-hydroxylation sites is 1. The zero-order valence-electron chi connectivity index (χ0n) is 15.1. The van der Waals surface area contributed by atoms with Crippen molar-refractivity contribution in [3.8, 4) is 11.5 Å². The van der Waals surface area contributed by atoms with Crippen LogP contribution in [0.25, 0.3) is 0 Å². The van der Waals surface area contributed by atoms with Crippen LogP contribution in [0.5, 0.6) is 11.5 Å². The van der Waals surface area contributed by atoms with Crippen LogP contribution in [0.4, 0.5) is 16.2 Å². The molecule has 0 atom stereocenters. The van der Waals surface area contributed by atoms with Crippen molar-refractivity contribution in [3.63, 3.8) is 0 Å². The predicted molar refractivity (Wildman–Crippen MR) is 109 cm³/mol. The van der Waals surface area contributed by atoms with Crippen LogP contribution in [-0.2, 0) is 0 Å². The van der Waals surface area contributed by atoms with Crippen molar-refractivity contribution in [1.82, 2.24) is 0 Å². The van der Waals surface area contributed by atoms with Gasteiger partial charge in [0.15, 0.2) is 0 Å². The smallest absolute Gasteiger partial charge is 0.323 e. The number of rotatable bonds is 6. The third-order valence-electron chi connectivity index (χ3n) is 3.72. The molecule has 0 spiro atoms. The second kappa shape index (κ2) is 9.00. The number of anilines is 2. The molecule has 0 aliphatic rings. The molecule has 0 saturated heterocycles. The minimum absolute atomic E-state index is 0.341. The van der Waals surface area contributed by atoms with Gasteiger partial charge in [-0.25, -0.2) is 4.79 Å². The van der Waals surface area contributed by atoms with Crippen molar-refractivity contribution in [3.05, 3.63) is 72.8 Å². The van der Waals surface area contributed by atoms with Crippen molar-refractivity contribution < 1.29 is 14.3 Å². The van der Waals surface area contributed by atoms with Gasteiger partial charge in [-0.1, -0.05) is 42.1 Å². The van der Waals surface area contributed by atoms with Crippen LogP contribution in [0, 0.1) is 0 Å². The summed E-state index contributed by atoms with van der Waals surface area (Å²) in [5.41, 5.74) is 1.32. The minimum Gasteiger partial charge on any atom is -0.497 e. The lowest BCUT2D eigenvalue weighted by Crippen LogP contribution is -2.19. The molecule has 3 aromatic carbocycles. The number of hydrogen-bond donors (Lipinski definition) is 2. The molecule has 0 aliphatic carbocycles. The Bertz CT molecular complexity index is 894. The molecule has 2 amide bonds. The first kappa shape index (κ1) is 18.7. The van der Waals surface area contributed by atoms with Gasteiger partial charge in [-0.3, -0.25) is 0 Å². The average Bonchev–Trinajstić information content (AvgIpc) is 2.70. The number of urea groups is 1. The molecule has 0 aliphatic heterocycles. The molecule has 3 rings (SSSR count). The first-order valence-electron chi connectivity index (χ1n) is 8.31. The first-order chi connectivity index (χ1) is 13.2. The molecule has 0 aromatic heterocycles. The fourth-order valence-electron chi connectivity index (χ4n) is 2.44. The normalized spacial score (nSPS) is 10.1. The summed E-state index contributed by atoms with van der Waals surface area (Å²) >= 11 is 1.59. The standard InChI is InChI=1S/C21H20N2O3S/c1-25-16-12-15(13-17(14-16)26-2)22-21(24)23-19-10-6-7-11-20(19)27-18-8-4-3-5-9-18/h3-14H,1-2H3,(H2,22,23,24). The highest BCUT2D eigenvalue weighted by atomic mass is 32.2. The number of nitrogens with one attached hydrogen (secondary N) is 2. The Morgan fingerprint density at radius 1 is 0.815 bits per heavy atom. The first-order valence-corrected chi connectivity index (χ1v) is 9.12. The lowest BCUT2D eigenvalue weighted by molar-refractivity contribution is 0.262. The summed E-state index contributed by atoms with van der Waals surface area (Å²) < 4.78 is 10.5. The van der Waals surface area contributed by atoms with E-state index in [9.17, 15) is 4.79 Å². The molecule has 0 saturated carbocycles. The summed E-state index contributed by atoms with van der Waals surface area (Å²) in [4.78, 5) is 14.5. The van der Waals surface area contributed by atoms with Crippen LogP contribution in [0.15, 0.2) is 82.6 Å². The van der Waals surface area contributed by atoms with Crippen molar-refractivity contribution in [2.45, 2.75) is 9.79 Å². The number of carbonyl (C=O) groups is 1. The van der Waals surface area contributed by atoms with Crippen LogP contribution < -0.4 is 20.1 Å². The zero-order valence-corrected chi connectivity index (χ0v) is 15.9. The molecule has 0 fully saturated rings. The Morgan fingerprint density at radius 2 is 1.44 bits per heavy atom. The van der Waals surface area contributed by atoms with Gasteiger partial charge in [0.25, 0.3) is 0 Å². The Kier molecular flexibility index (Phi) is 6.22. The molecule has 2 N–H and O–H groups in total. The van der Waals surface area contributed by atoms with Crippen molar-refractivity contribution in [2.24, 2.45) is 0 Å². The van der Waals surface area contributed by atoms with Crippen molar-refractivity contribution >= 4 is 29.2 Å². The summed E-state index contributed by atoms with van der Waals surface area (Å²) in [6.45, 7) is 0. The van der Waals surface area contributed by atoms with Gasteiger partial charge in [0, 0.05) is 33.7 Å².